The standard InChI is InChI=1S/C15H11BrClN3OS/c16-11-6-2-1-5-10(11)14-19-20(15(22)21-14)9-18-13-8-4-3-7-12(13)17/h1-8,18H,9H2. The molecule has 1 heterocycles. The molecule has 0 fully saturated rings. The summed E-state index contributed by atoms with van der Waals surface area (Å²) in [5, 5.41) is 8.22. The van der Waals surface area contributed by atoms with Gasteiger partial charge in [0.15, 0.2) is 0 Å². The molecule has 112 valence electrons. The van der Waals surface area contributed by atoms with Gasteiger partial charge in [0.1, 0.15) is 6.67 Å². The average Bonchev–Trinajstić information content (AvgIpc) is 2.88. The van der Waals surface area contributed by atoms with Gasteiger partial charge in [0, 0.05) is 4.47 Å². The molecule has 7 heteroatoms. The van der Waals surface area contributed by atoms with E-state index in [1.54, 1.807) is 4.68 Å². The summed E-state index contributed by atoms with van der Waals surface area (Å²) in [6, 6.07) is 15.2. The number of nitrogens with one attached hydrogen (secondary N) is 1. The molecule has 0 saturated carbocycles. The topological polar surface area (TPSA) is 43.0 Å². The second kappa shape index (κ2) is 6.64. The van der Waals surface area contributed by atoms with Crippen LogP contribution in [0.4, 0.5) is 5.69 Å². The highest BCUT2D eigenvalue weighted by Gasteiger charge is 2.11. The zero-order valence-electron chi connectivity index (χ0n) is 11.3. The van der Waals surface area contributed by atoms with Crippen LogP contribution in [0.15, 0.2) is 57.4 Å². The number of halogens is 2. The van der Waals surface area contributed by atoms with Crippen molar-refractivity contribution >= 4 is 45.4 Å². The molecule has 0 aliphatic carbocycles. The van der Waals surface area contributed by atoms with Crippen molar-refractivity contribution in [1.29, 1.82) is 0 Å². The Labute approximate surface area is 145 Å². The van der Waals surface area contributed by atoms with Gasteiger partial charge >= 0.3 is 0 Å². The molecule has 0 radical (unpaired) electrons. The Hall–Kier alpha value is -1.63. The second-order valence-electron chi connectivity index (χ2n) is 4.47. The van der Waals surface area contributed by atoms with Crippen molar-refractivity contribution in [3.05, 3.63) is 62.9 Å². The molecule has 3 aromatic rings. The third-order valence-corrected chi connectivity index (χ3v) is 4.32. The number of para-hydroxylation sites is 1. The summed E-state index contributed by atoms with van der Waals surface area (Å²) < 4.78 is 8.04. The zero-order valence-corrected chi connectivity index (χ0v) is 14.5. The van der Waals surface area contributed by atoms with Gasteiger partial charge in [-0.2, -0.15) is 0 Å². The highest BCUT2D eigenvalue weighted by molar-refractivity contribution is 9.10. The van der Waals surface area contributed by atoms with Crippen molar-refractivity contribution in [2.45, 2.75) is 6.67 Å². The number of nitrogens with zero attached hydrogens (tertiary/aromatic N) is 2. The van der Waals surface area contributed by atoms with E-state index in [9.17, 15) is 0 Å². The number of benzene rings is 2. The minimum absolute atomic E-state index is 0.297. The van der Waals surface area contributed by atoms with Crippen molar-refractivity contribution in [1.82, 2.24) is 9.78 Å². The maximum atomic E-state index is 6.10. The van der Waals surface area contributed by atoms with Gasteiger partial charge < -0.3 is 9.73 Å². The molecule has 0 amide bonds. The highest BCUT2D eigenvalue weighted by Crippen LogP contribution is 2.27. The Morgan fingerprint density at radius 3 is 2.68 bits per heavy atom. The first-order valence-electron chi connectivity index (χ1n) is 6.46. The first-order valence-corrected chi connectivity index (χ1v) is 8.04. The molecule has 0 unspecified atom stereocenters. The van der Waals surface area contributed by atoms with Gasteiger partial charge in [0.2, 0.25) is 5.89 Å². The van der Waals surface area contributed by atoms with Crippen molar-refractivity contribution in [2.75, 3.05) is 5.32 Å². The minimum Gasteiger partial charge on any atom is -0.409 e. The van der Waals surface area contributed by atoms with Crippen LogP contribution in [-0.4, -0.2) is 9.78 Å². The van der Waals surface area contributed by atoms with Crippen LogP contribution in [-0.2, 0) is 6.67 Å². The predicted octanol–water partition coefficient (Wildman–Crippen LogP) is 5.36. The monoisotopic (exact) mass is 395 g/mol. The fourth-order valence-corrected chi connectivity index (χ4v) is 2.76. The second-order valence-corrected chi connectivity index (χ2v) is 6.08. The van der Waals surface area contributed by atoms with Crippen LogP contribution in [0.5, 0.6) is 0 Å². The molecule has 4 nitrogen and oxygen atoms in total. The van der Waals surface area contributed by atoms with Crippen molar-refractivity contribution in [3.8, 4) is 11.5 Å². The third-order valence-electron chi connectivity index (χ3n) is 3.00. The van der Waals surface area contributed by atoms with E-state index in [-0.39, 0.29) is 0 Å². The number of hydrogen-bond donors (Lipinski definition) is 1. The van der Waals surface area contributed by atoms with E-state index >= 15 is 0 Å². The van der Waals surface area contributed by atoms with Gasteiger partial charge in [-0.05, 0) is 52.4 Å². The van der Waals surface area contributed by atoms with Crippen LogP contribution in [0.2, 0.25) is 5.02 Å². The molecule has 0 aliphatic heterocycles. The van der Waals surface area contributed by atoms with Crippen LogP contribution in [0.25, 0.3) is 11.5 Å². The van der Waals surface area contributed by atoms with Gasteiger partial charge in [-0.1, -0.05) is 35.9 Å². The fraction of sp³-hybridized carbons (Fsp3) is 0.0667. The van der Waals surface area contributed by atoms with E-state index in [4.69, 9.17) is 28.2 Å². The zero-order chi connectivity index (χ0) is 15.5. The van der Waals surface area contributed by atoms with Gasteiger partial charge in [-0.3, -0.25) is 0 Å². The molecular formula is C15H11BrClN3OS. The van der Waals surface area contributed by atoms with Gasteiger partial charge in [0.25, 0.3) is 4.84 Å². The van der Waals surface area contributed by atoms with Crippen LogP contribution in [0, 0.1) is 4.84 Å². The first-order chi connectivity index (χ1) is 10.6. The van der Waals surface area contributed by atoms with Gasteiger partial charge in [-0.25, -0.2) is 4.68 Å². The lowest BCUT2D eigenvalue weighted by molar-refractivity contribution is 0.522. The Morgan fingerprint density at radius 2 is 1.91 bits per heavy atom. The molecule has 3 rings (SSSR count). The summed E-state index contributed by atoms with van der Waals surface area (Å²) in [5.74, 6) is 0.471. The molecule has 0 saturated heterocycles. The third kappa shape index (κ3) is 3.24. The van der Waals surface area contributed by atoms with Crippen molar-refractivity contribution in [2.24, 2.45) is 0 Å². The molecular weight excluding hydrogens is 386 g/mol. The van der Waals surface area contributed by atoms with E-state index in [1.807, 2.05) is 48.5 Å². The maximum absolute atomic E-state index is 6.10. The Bertz CT molecular complexity index is 862. The summed E-state index contributed by atoms with van der Waals surface area (Å²) in [4.78, 5) is 0.297. The molecule has 0 aliphatic rings. The lowest BCUT2D eigenvalue weighted by Gasteiger charge is -2.06. The van der Waals surface area contributed by atoms with E-state index in [1.165, 1.54) is 0 Å². The summed E-state index contributed by atoms with van der Waals surface area (Å²) in [6.45, 7) is 0.372. The number of rotatable bonds is 4. The van der Waals surface area contributed by atoms with E-state index in [0.717, 1.165) is 15.7 Å². The summed E-state index contributed by atoms with van der Waals surface area (Å²) in [7, 11) is 0. The maximum Gasteiger partial charge on any atom is 0.289 e. The Balaban J connectivity index is 1.83. The molecule has 0 spiro atoms. The molecule has 0 atom stereocenters. The Morgan fingerprint density at radius 1 is 1.18 bits per heavy atom. The van der Waals surface area contributed by atoms with Crippen LogP contribution >= 0.6 is 39.7 Å². The summed E-state index contributed by atoms with van der Waals surface area (Å²) >= 11 is 14.8. The smallest absolute Gasteiger partial charge is 0.289 e. The van der Waals surface area contributed by atoms with E-state index in [0.29, 0.717) is 22.4 Å². The lowest BCUT2D eigenvalue weighted by atomic mass is 10.2. The summed E-state index contributed by atoms with van der Waals surface area (Å²) in [6.07, 6.45) is 0. The van der Waals surface area contributed by atoms with Crippen molar-refractivity contribution in [3.63, 3.8) is 0 Å². The number of aromatic nitrogens is 2. The first kappa shape index (κ1) is 15.3. The summed E-state index contributed by atoms with van der Waals surface area (Å²) in [5.41, 5.74) is 1.67. The molecule has 1 aromatic heterocycles. The molecule has 0 bridgehead atoms. The van der Waals surface area contributed by atoms with Crippen LogP contribution in [0.1, 0.15) is 0 Å². The largest absolute Gasteiger partial charge is 0.409 e. The quantitative estimate of drug-likeness (QED) is 0.603. The fourth-order valence-electron chi connectivity index (χ4n) is 1.91. The number of hydrogen-bond acceptors (Lipinski definition) is 4. The predicted molar refractivity (Wildman–Crippen MR) is 93.5 cm³/mol. The van der Waals surface area contributed by atoms with E-state index < -0.39 is 0 Å². The average molecular weight is 397 g/mol. The molecule has 22 heavy (non-hydrogen) atoms. The lowest BCUT2D eigenvalue weighted by Crippen LogP contribution is -2.09. The van der Waals surface area contributed by atoms with Gasteiger partial charge in [0.05, 0.1) is 16.3 Å². The number of anilines is 1. The molecule has 1 N–H and O–H groups in total. The van der Waals surface area contributed by atoms with Crippen LogP contribution < -0.4 is 5.32 Å². The van der Waals surface area contributed by atoms with Crippen molar-refractivity contribution < 1.29 is 4.42 Å². The van der Waals surface area contributed by atoms with E-state index in [2.05, 4.69) is 26.3 Å². The normalized spacial score (nSPS) is 10.6. The van der Waals surface area contributed by atoms with Crippen LogP contribution in [0.3, 0.4) is 0 Å². The molecule has 2 aromatic carbocycles. The van der Waals surface area contributed by atoms with Gasteiger partial charge in [-0.15, -0.1) is 5.10 Å². The Kier molecular flexibility index (Phi) is 4.61. The highest BCUT2D eigenvalue weighted by atomic mass is 79.9. The SMILES string of the molecule is S=c1oc(-c2ccccc2Br)nn1CNc1ccccc1Cl. The minimum atomic E-state index is 0.297.